The summed E-state index contributed by atoms with van der Waals surface area (Å²) in [5.41, 5.74) is 21.2. The minimum absolute atomic E-state index is 0. The van der Waals surface area contributed by atoms with Gasteiger partial charge < -0.3 is 9.72 Å². The third kappa shape index (κ3) is 7.05. The number of rotatable bonds is 5. The van der Waals surface area contributed by atoms with E-state index < -0.39 is 0 Å². The first-order chi connectivity index (χ1) is 31.4. The molecule has 1 atom stereocenters. The first-order valence-corrected chi connectivity index (χ1v) is 22.1. The molecule has 0 saturated heterocycles. The van der Waals surface area contributed by atoms with Crippen LogP contribution in [0.2, 0.25) is 0 Å². The Morgan fingerprint density at radius 3 is 1.77 bits per heavy atom. The number of hydrogen-bond acceptors (Lipinski definition) is 2. The minimum Gasteiger partial charge on any atom is -0.503 e. The number of benzene rings is 9. The van der Waals surface area contributed by atoms with E-state index in [0.717, 1.165) is 44.3 Å². The Morgan fingerprint density at radius 1 is 0.492 bits per heavy atom. The van der Waals surface area contributed by atoms with Crippen LogP contribution in [0.3, 0.4) is 0 Å². The minimum atomic E-state index is 0. The molecule has 0 aliphatic heterocycles. The Kier molecular flexibility index (Phi) is 10.1. The van der Waals surface area contributed by atoms with Gasteiger partial charge in [-0.3, -0.25) is 0 Å². The van der Waals surface area contributed by atoms with E-state index in [1.165, 1.54) is 66.8 Å². The summed E-state index contributed by atoms with van der Waals surface area (Å²) in [4.78, 5) is 4.91. The van der Waals surface area contributed by atoms with Crippen LogP contribution < -0.4 is 4.74 Å². The first-order valence-electron chi connectivity index (χ1n) is 22.1. The van der Waals surface area contributed by atoms with Gasteiger partial charge in [-0.2, -0.15) is 41.5 Å². The zero-order valence-corrected chi connectivity index (χ0v) is 38.5. The molecular formula is C62H42NOPt-3. The second kappa shape index (κ2) is 16.1. The Hall–Kier alpha value is -7.12. The van der Waals surface area contributed by atoms with Gasteiger partial charge in [0.15, 0.2) is 0 Å². The summed E-state index contributed by atoms with van der Waals surface area (Å²) in [7, 11) is 0. The van der Waals surface area contributed by atoms with Crippen molar-refractivity contribution in [1.29, 1.82) is 0 Å². The van der Waals surface area contributed by atoms with Crippen LogP contribution in [0, 0.1) is 18.2 Å². The fraction of sp³-hybridized carbons (Fsp3) is 0.0806. The molecule has 9 aromatic carbocycles. The van der Waals surface area contributed by atoms with Crippen LogP contribution in [-0.4, -0.2) is 4.98 Å². The predicted molar refractivity (Wildman–Crippen MR) is 262 cm³/mol. The summed E-state index contributed by atoms with van der Waals surface area (Å²) in [6, 6.07) is 78.4. The maximum Gasteiger partial charge on any atom is 0.0421 e. The quantitative estimate of drug-likeness (QED) is 0.160. The van der Waals surface area contributed by atoms with Gasteiger partial charge in [-0.1, -0.05) is 154 Å². The van der Waals surface area contributed by atoms with E-state index in [4.69, 9.17) is 9.72 Å². The zero-order valence-electron chi connectivity index (χ0n) is 36.2. The van der Waals surface area contributed by atoms with Crippen molar-refractivity contribution in [2.45, 2.75) is 32.1 Å². The van der Waals surface area contributed by atoms with E-state index in [0.29, 0.717) is 11.5 Å². The zero-order chi connectivity index (χ0) is 42.9. The van der Waals surface area contributed by atoms with E-state index in [1.54, 1.807) is 0 Å². The third-order valence-electron chi connectivity index (χ3n) is 13.1. The molecule has 0 spiro atoms. The molecule has 314 valence electrons. The van der Waals surface area contributed by atoms with Crippen LogP contribution in [0.25, 0.3) is 88.8 Å². The molecule has 2 aliphatic rings. The Bertz CT molecular complexity index is 3480. The molecule has 3 heteroatoms. The van der Waals surface area contributed by atoms with Crippen LogP contribution in [0.5, 0.6) is 11.5 Å². The Labute approximate surface area is 395 Å². The molecule has 0 fully saturated rings. The van der Waals surface area contributed by atoms with Crippen LogP contribution in [-0.2, 0) is 26.5 Å². The van der Waals surface area contributed by atoms with E-state index in [2.05, 4.69) is 209 Å². The molecule has 1 unspecified atom stereocenters. The average Bonchev–Trinajstić information content (AvgIpc) is 3.66. The van der Waals surface area contributed by atoms with Gasteiger partial charge in [0.1, 0.15) is 0 Å². The van der Waals surface area contributed by atoms with Gasteiger partial charge in [0.2, 0.25) is 0 Å². The summed E-state index contributed by atoms with van der Waals surface area (Å²) >= 11 is 0. The Balaban J connectivity index is 0.00000469. The van der Waals surface area contributed by atoms with Gasteiger partial charge in [-0.15, -0.1) is 47.0 Å². The standard InChI is InChI=1S/C62H42NO.Pt/c1-62(2,3)44-16-12-14-42(35-44)60-57-25-11-10-23-53(57)56-31-28-46(38-59(56)60)64-45-17-13-15-43(36-45)61-47-29-26-39(34-41(47)32-33-63-61)40-27-30-55-52-22-7-6-20-50(52)48-18-4-5-19-49(48)51-21-8-9-24-54(51)58(55)37-40;/h4-13,15-35,37,60H,1-3H3;/q-3;. The van der Waals surface area contributed by atoms with Gasteiger partial charge in [-0.05, 0) is 107 Å². The molecule has 65 heavy (non-hydrogen) atoms. The Morgan fingerprint density at radius 2 is 1.08 bits per heavy atom. The normalized spacial score (nSPS) is 13.2. The molecule has 2 nitrogen and oxygen atoms in total. The molecule has 0 amide bonds. The van der Waals surface area contributed by atoms with Gasteiger partial charge in [0.05, 0.1) is 0 Å². The predicted octanol–water partition coefficient (Wildman–Crippen LogP) is 16.2. The summed E-state index contributed by atoms with van der Waals surface area (Å²) in [6.07, 6.45) is 1.89. The van der Waals surface area contributed by atoms with Gasteiger partial charge in [-0.25, -0.2) is 0 Å². The van der Waals surface area contributed by atoms with Crippen molar-refractivity contribution < 1.29 is 25.8 Å². The van der Waals surface area contributed by atoms with Crippen LogP contribution in [0.4, 0.5) is 0 Å². The third-order valence-corrected chi connectivity index (χ3v) is 13.1. The number of hydrogen-bond donors (Lipinski definition) is 0. The fourth-order valence-electron chi connectivity index (χ4n) is 9.98. The van der Waals surface area contributed by atoms with Crippen molar-refractivity contribution in [2.24, 2.45) is 0 Å². The van der Waals surface area contributed by atoms with E-state index in [1.807, 2.05) is 24.4 Å². The SMILES string of the molecule is CC(C)(C)c1cc[c-]c(C2c3[c-]c(Oc4[c-]c(-c5nccc6cc(-c7ccc8c(c7)-c7ccccc7-c7ccccc7-c7ccccc7-8)ccc56)ccc4)ccc3-c3ccccc32)c1.[Pt]. The second-order valence-electron chi connectivity index (χ2n) is 18.0. The maximum absolute atomic E-state index is 6.60. The molecule has 1 aromatic heterocycles. The van der Waals surface area contributed by atoms with Crippen molar-refractivity contribution in [2.75, 3.05) is 0 Å². The van der Waals surface area contributed by atoms with Gasteiger partial charge >= 0.3 is 0 Å². The topological polar surface area (TPSA) is 22.1 Å². The molecule has 0 N–H and O–H groups in total. The van der Waals surface area contributed by atoms with Gasteiger partial charge in [0, 0.05) is 38.8 Å². The molecule has 2 aliphatic carbocycles. The number of ether oxygens (including phenoxy) is 1. The van der Waals surface area contributed by atoms with Crippen molar-refractivity contribution in [3.8, 4) is 89.5 Å². The molecule has 1 heterocycles. The van der Waals surface area contributed by atoms with Crippen LogP contribution in [0.15, 0.2) is 194 Å². The second-order valence-corrected chi connectivity index (χ2v) is 18.0. The largest absolute Gasteiger partial charge is 0.503 e. The van der Waals surface area contributed by atoms with Crippen molar-refractivity contribution in [1.82, 2.24) is 4.98 Å². The maximum atomic E-state index is 6.60. The molecule has 0 radical (unpaired) electrons. The smallest absolute Gasteiger partial charge is 0.0421 e. The average molecular weight is 1010 g/mol. The van der Waals surface area contributed by atoms with E-state index in [-0.39, 0.29) is 32.4 Å². The van der Waals surface area contributed by atoms with Crippen LogP contribution in [0.1, 0.15) is 48.9 Å². The van der Waals surface area contributed by atoms with Crippen molar-refractivity contribution >= 4 is 10.8 Å². The summed E-state index contributed by atoms with van der Waals surface area (Å²) in [5.74, 6) is 1.28. The van der Waals surface area contributed by atoms with Crippen molar-refractivity contribution in [3.05, 3.63) is 235 Å². The summed E-state index contributed by atoms with van der Waals surface area (Å²) in [6.45, 7) is 6.77. The summed E-state index contributed by atoms with van der Waals surface area (Å²) in [5, 5.41) is 2.17. The molecule has 10 aromatic rings. The fourth-order valence-corrected chi connectivity index (χ4v) is 9.98. The van der Waals surface area contributed by atoms with Crippen molar-refractivity contribution in [3.63, 3.8) is 0 Å². The number of aromatic nitrogens is 1. The molecule has 0 saturated carbocycles. The molecule has 12 rings (SSSR count). The number of fused-ring (bicyclic) bond motifs is 12. The number of nitrogens with zero attached hydrogens (tertiary/aromatic N) is 1. The van der Waals surface area contributed by atoms with Gasteiger partial charge in [0.25, 0.3) is 0 Å². The first kappa shape index (κ1) is 40.6. The number of pyridine rings is 1. The molecular weight excluding hydrogens is 970 g/mol. The van der Waals surface area contributed by atoms with Crippen LogP contribution >= 0.6 is 0 Å². The molecule has 0 bridgehead atoms. The monoisotopic (exact) mass is 1010 g/mol. The summed E-state index contributed by atoms with van der Waals surface area (Å²) < 4.78 is 6.60. The van der Waals surface area contributed by atoms with E-state index >= 15 is 0 Å². The van der Waals surface area contributed by atoms with E-state index in [9.17, 15) is 0 Å².